The second-order valence-corrected chi connectivity index (χ2v) is 8.62. The predicted molar refractivity (Wildman–Crippen MR) is 92.7 cm³/mol. The molecule has 7 heteroatoms. The maximum atomic E-state index is 12.6. The summed E-state index contributed by atoms with van der Waals surface area (Å²) >= 11 is 0. The molecule has 0 aliphatic carbocycles. The minimum Gasteiger partial charge on any atom is -0.372 e. The zero-order valence-electron chi connectivity index (χ0n) is 14.1. The van der Waals surface area contributed by atoms with Crippen molar-refractivity contribution in [2.45, 2.75) is 38.9 Å². The first kappa shape index (κ1) is 17.2. The van der Waals surface area contributed by atoms with Gasteiger partial charge >= 0.3 is 0 Å². The molecule has 6 nitrogen and oxygen atoms in total. The van der Waals surface area contributed by atoms with Gasteiger partial charge in [0, 0.05) is 25.2 Å². The van der Waals surface area contributed by atoms with Crippen LogP contribution < -0.4 is 4.31 Å². The fourth-order valence-electron chi connectivity index (χ4n) is 3.38. The van der Waals surface area contributed by atoms with Gasteiger partial charge in [-0.05, 0) is 51.0 Å². The van der Waals surface area contributed by atoms with Crippen molar-refractivity contribution in [2.75, 3.05) is 29.7 Å². The van der Waals surface area contributed by atoms with E-state index in [1.807, 2.05) is 13.8 Å². The summed E-state index contributed by atoms with van der Waals surface area (Å²) in [7, 11) is -3.22. The first-order valence-corrected chi connectivity index (χ1v) is 10.0. The van der Waals surface area contributed by atoms with Crippen LogP contribution >= 0.6 is 0 Å². The van der Waals surface area contributed by atoms with Gasteiger partial charge in [0.25, 0.3) is 5.91 Å². The van der Waals surface area contributed by atoms with Crippen molar-refractivity contribution in [1.29, 1.82) is 0 Å². The molecule has 1 aromatic rings. The lowest BCUT2D eigenvalue weighted by Gasteiger charge is -2.35. The molecule has 0 radical (unpaired) electrons. The minimum atomic E-state index is -3.22. The smallest absolute Gasteiger partial charge is 0.254 e. The summed E-state index contributed by atoms with van der Waals surface area (Å²) in [6, 6.07) is 6.88. The SMILES string of the molecule is C[C@H]1CN(C(=O)c2ccc(N3CCCCS3(=O)=O)cc2)C[C@H](C)O1. The molecular weight excluding hydrogens is 328 g/mol. The molecule has 2 saturated heterocycles. The van der Waals surface area contributed by atoms with Crippen molar-refractivity contribution in [1.82, 2.24) is 4.90 Å². The Bertz CT molecular complexity index is 692. The number of benzene rings is 1. The van der Waals surface area contributed by atoms with E-state index in [2.05, 4.69) is 0 Å². The van der Waals surface area contributed by atoms with Crippen LogP contribution in [-0.4, -0.2) is 56.8 Å². The van der Waals surface area contributed by atoms with Crippen LogP contribution in [0.15, 0.2) is 24.3 Å². The van der Waals surface area contributed by atoms with E-state index in [0.717, 1.165) is 6.42 Å². The van der Waals surface area contributed by atoms with E-state index in [0.29, 0.717) is 37.3 Å². The maximum Gasteiger partial charge on any atom is 0.254 e. The molecule has 0 N–H and O–H groups in total. The molecular formula is C17H24N2O4S. The Kier molecular flexibility index (Phi) is 4.83. The van der Waals surface area contributed by atoms with Gasteiger partial charge in [-0.2, -0.15) is 0 Å². The number of anilines is 1. The van der Waals surface area contributed by atoms with Gasteiger partial charge in [0.2, 0.25) is 10.0 Å². The molecule has 0 spiro atoms. The lowest BCUT2D eigenvalue weighted by molar-refractivity contribution is -0.0586. The van der Waals surface area contributed by atoms with Crippen LogP contribution in [0.3, 0.4) is 0 Å². The first-order chi connectivity index (χ1) is 11.4. The fraction of sp³-hybridized carbons (Fsp3) is 0.588. The number of carbonyl (C=O) groups is 1. The molecule has 2 heterocycles. The Morgan fingerprint density at radius 1 is 1.08 bits per heavy atom. The van der Waals surface area contributed by atoms with E-state index in [-0.39, 0.29) is 23.9 Å². The molecule has 2 aliphatic heterocycles. The van der Waals surface area contributed by atoms with E-state index < -0.39 is 10.0 Å². The van der Waals surface area contributed by atoms with Crippen molar-refractivity contribution in [3.63, 3.8) is 0 Å². The van der Waals surface area contributed by atoms with Gasteiger partial charge in [0.05, 0.1) is 23.6 Å². The number of carbonyl (C=O) groups excluding carboxylic acids is 1. The molecule has 3 rings (SSSR count). The predicted octanol–water partition coefficient (Wildman–Crippen LogP) is 1.87. The largest absolute Gasteiger partial charge is 0.372 e. The molecule has 1 aromatic carbocycles. The van der Waals surface area contributed by atoms with Crippen molar-refractivity contribution in [3.05, 3.63) is 29.8 Å². The normalized spacial score (nSPS) is 27.1. The maximum absolute atomic E-state index is 12.6. The number of hydrogen-bond donors (Lipinski definition) is 0. The number of sulfonamides is 1. The molecule has 2 aliphatic rings. The third-order valence-corrected chi connectivity index (χ3v) is 6.33. The summed E-state index contributed by atoms with van der Waals surface area (Å²) < 4.78 is 31.4. The third-order valence-electron chi connectivity index (χ3n) is 4.46. The summed E-state index contributed by atoms with van der Waals surface area (Å²) in [5.41, 5.74) is 1.21. The van der Waals surface area contributed by atoms with Crippen LogP contribution in [0.5, 0.6) is 0 Å². The minimum absolute atomic E-state index is 0.0236. The van der Waals surface area contributed by atoms with E-state index in [1.165, 1.54) is 4.31 Å². The Labute approximate surface area is 143 Å². The topological polar surface area (TPSA) is 66.9 Å². The van der Waals surface area contributed by atoms with Crippen molar-refractivity contribution in [2.24, 2.45) is 0 Å². The Hall–Kier alpha value is -1.60. The van der Waals surface area contributed by atoms with Crippen molar-refractivity contribution in [3.8, 4) is 0 Å². The molecule has 2 atom stereocenters. The number of hydrogen-bond acceptors (Lipinski definition) is 4. The lowest BCUT2D eigenvalue weighted by Crippen LogP contribution is -2.48. The summed E-state index contributed by atoms with van der Waals surface area (Å²) in [5.74, 6) is 0.155. The highest BCUT2D eigenvalue weighted by Gasteiger charge is 2.28. The Morgan fingerprint density at radius 2 is 1.71 bits per heavy atom. The lowest BCUT2D eigenvalue weighted by atomic mass is 10.1. The first-order valence-electron chi connectivity index (χ1n) is 8.42. The van der Waals surface area contributed by atoms with E-state index in [1.54, 1.807) is 29.2 Å². The zero-order chi connectivity index (χ0) is 17.3. The standard InChI is InChI=1S/C17H24N2O4S/c1-13-11-18(12-14(2)23-13)17(20)15-5-7-16(8-6-15)19-9-3-4-10-24(19,21)22/h5-8,13-14H,3-4,9-12H2,1-2H3/t13-,14-/m0/s1. The van der Waals surface area contributed by atoms with Crippen molar-refractivity contribution >= 4 is 21.6 Å². The summed E-state index contributed by atoms with van der Waals surface area (Å²) in [6.07, 6.45) is 1.62. The quantitative estimate of drug-likeness (QED) is 0.815. The number of rotatable bonds is 2. The summed E-state index contributed by atoms with van der Waals surface area (Å²) in [4.78, 5) is 14.4. The second-order valence-electron chi connectivity index (χ2n) is 6.61. The fourth-order valence-corrected chi connectivity index (χ4v) is 5.01. The average molecular weight is 352 g/mol. The van der Waals surface area contributed by atoms with Crippen LogP contribution in [-0.2, 0) is 14.8 Å². The van der Waals surface area contributed by atoms with Crippen molar-refractivity contribution < 1.29 is 17.9 Å². The molecule has 0 saturated carbocycles. The molecule has 2 fully saturated rings. The Balaban J connectivity index is 1.75. The zero-order valence-corrected chi connectivity index (χ0v) is 15.0. The molecule has 1 amide bonds. The third kappa shape index (κ3) is 3.57. The number of morpholine rings is 1. The second kappa shape index (κ2) is 6.72. The number of ether oxygens (including phenoxy) is 1. The Morgan fingerprint density at radius 3 is 2.29 bits per heavy atom. The van der Waals surface area contributed by atoms with Gasteiger partial charge in [-0.15, -0.1) is 0 Å². The molecule has 24 heavy (non-hydrogen) atoms. The highest BCUT2D eigenvalue weighted by atomic mass is 32.2. The molecule has 0 aromatic heterocycles. The molecule has 0 unspecified atom stereocenters. The van der Waals surface area contributed by atoms with Crippen LogP contribution in [0.2, 0.25) is 0 Å². The molecule has 132 valence electrons. The van der Waals surface area contributed by atoms with Gasteiger partial charge in [0.15, 0.2) is 0 Å². The van der Waals surface area contributed by atoms with E-state index in [4.69, 9.17) is 4.74 Å². The summed E-state index contributed by atoms with van der Waals surface area (Å²) in [6.45, 7) is 5.57. The van der Waals surface area contributed by atoms with E-state index >= 15 is 0 Å². The monoisotopic (exact) mass is 352 g/mol. The van der Waals surface area contributed by atoms with Gasteiger partial charge < -0.3 is 9.64 Å². The van der Waals surface area contributed by atoms with Gasteiger partial charge in [-0.1, -0.05) is 0 Å². The van der Waals surface area contributed by atoms with Crippen LogP contribution in [0, 0.1) is 0 Å². The van der Waals surface area contributed by atoms with Gasteiger partial charge in [-0.25, -0.2) is 8.42 Å². The van der Waals surface area contributed by atoms with Crippen LogP contribution in [0.4, 0.5) is 5.69 Å². The molecule has 0 bridgehead atoms. The van der Waals surface area contributed by atoms with Gasteiger partial charge in [-0.3, -0.25) is 9.10 Å². The highest BCUT2D eigenvalue weighted by Crippen LogP contribution is 2.24. The summed E-state index contributed by atoms with van der Waals surface area (Å²) in [5, 5.41) is 0. The number of nitrogens with zero attached hydrogens (tertiary/aromatic N) is 2. The highest BCUT2D eigenvalue weighted by molar-refractivity contribution is 7.92. The number of amides is 1. The van der Waals surface area contributed by atoms with Crippen LogP contribution in [0.25, 0.3) is 0 Å². The van der Waals surface area contributed by atoms with Gasteiger partial charge in [0.1, 0.15) is 0 Å². The average Bonchev–Trinajstić information content (AvgIpc) is 2.53. The van der Waals surface area contributed by atoms with Crippen LogP contribution in [0.1, 0.15) is 37.0 Å². The van der Waals surface area contributed by atoms with E-state index in [9.17, 15) is 13.2 Å².